The van der Waals surface area contributed by atoms with Crippen LogP contribution in [0.4, 0.5) is 0 Å². The average molecular weight is 489 g/mol. The van der Waals surface area contributed by atoms with Crippen LogP contribution in [0.3, 0.4) is 0 Å². The van der Waals surface area contributed by atoms with Crippen LogP contribution >= 0.6 is 0 Å². The highest BCUT2D eigenvalue weighted by Crippen LogP contribution is 2.33. The van der Waals surface area contributed by atoms with E-state index in [4.69, 9.17) is 14.2 Å². The molecule has 1 aromatic heterocycles. The van der Waals surface area contributed by atoms with Crippen LogP contribution in [-0.2, 0) is 29.2 Å². The van der Waals surface area contributed by atoms with E-state index < -0.39 is 0 Å². The Morgan fingerprint density at radius 3 is 2.81 bits per heavy atom. The molecule has 1 saturated heterocycles. The Kier molecular flexibility index (Phi) is 7.46. The lowest BCUT2D eigenvalue weighted by molar-refractivity contribution is -0.123. The van der Waals surface area contributed by atoms with Gasteiger partial charge in [0.25, 0.3) is 0 Å². The molecule has 1 fully saturated rings. The summed E-state index contributed by atoms with van der Waals surface area (Å²) in [6, 6.07) is 19.6. The molecule has 5 rings (SSSR count). The number of methoxy groups -OCH3 is 1. The van der Waals surface area contributed by atoms with Crippen molar-refractivity contribution in [2.24, 2.45) is 0 Å². The summed E-state index contributed by atoms with van der Waals surface area (Å²) in [5.74, 6) is 2.00. The van der Waals surface area contributed by atoms with Gasteiger partial charge >= 0.3 is 0 Å². The summed E-state index contributed by atoms with van der Waals surface area (Å²) in [6.07, 6.45) is 1.68. The molecule has 2 aliphatic rings. The number of fused-ring (bicyclic) bond motifs is 5. The Morgan fingerprint density at radius 1 is 1.06 bits per heavy atom. The number of amides is 1. The zero-order valence-electron chi connectivity index (χ0n) is 20.7. The Morgan fingerprint density at radius 2 is 1.97 bits per heavy atom. The number of likely N-dealkylation sites (N-methyl/N-ethyl adjacent to an activating group) is 1. The van der Waals surface area contributed by atoms with Crippen LogP contribution in [0.15, 0.2) is 66.9 Å². The second kappa shape index (κ2) is 11.1. The van der Waals surface area contributed by atoms with Gasteiger partial charge in [0.15, 0.2) is 11.5 Å². The highest BCUT2D eigenvalue weighted by molar-refractivity contribution is 5.78. The van der Waals surface area contributed by atoms with E-state index in [0.29, 0.717) is 37.7 Å². The van der Waals surface area contributed by atoms with Gasteiger partial charge < -0.3 is 19.5 Å². The molecule has 8 nitrogen and oxygen atoms in total. The molecule has 0 spiro atoms. The molecule has 3 aromatic rings. The Balaban J connectivity index is 1.38. The van der Waals surface area contributed by atoms with Crippen molar-refractivity contribution in [3.8, 4) is 17.2 Å². The SMILES string of the molecule is COc1ccc2cc1Oc1cccc(c1)CO[C@H]1CN(Cc3ccccn3)C[C@@H]1NC(=O)CN(C)C2. The van der Waals surface area contributed by atoms with E-state index in [1.54, 1.807) is 13.3 Å². The maximum atomic E-state index is 13.0. The van der Waals surface area contributed by atoms with Crippen molar-refractivity contribution in [1.29, 1.82) is 0 Å². The van der Waals surface area contributed by atoms with Gasteiger partial charge in [0.1, 0.15) is 5.75 Å². The molecular weight excluding hydrogens is 456 g/mol. The number of rotatable bonds is 3. The van der Waals surface area contributed by atoms with Gasteiger partial charge in [-0.1, -0.05) is 24.3 Å². The number of pyridine rings is 1. The molecule has 1 N–H and O–H groups in total. The largest absolute Gasteiger partial charge is 0.493 e. The minimum absolute atomic E-state index is 0.0186. The van der Waals surface area contributed by atoms with Crippen molar-refractivity contribution in [3.05, 3.63) is 83.7 Å². The van der Waals surface area contributed by atoms with Crippen molar-refractivity contribution in [2.45, 2.75) is 31.8 Å². The Labute approximate surface area is 211 Å². The molecule has 2 aliphatic heterocycles. The lowest BCUT2D eigenvalue weighted by Crippen LogP contribution is -2.47. The molecule has 0 unspecified atom stereocenters. The minimum atomic E-state index is -0.131. The number of nitrogens with one attached hydrogen (secondary N) is 1. The fourth-order valence-electron chi connectivity index (χ4n) is 4.80. The number of nitrogens with zero attached hydrogens (tertiary/aromatic N) is 3. The molecule has 8 heteroatoms. The summed E-state index contributed by atoms with van der Waals surface area (Å²) in [5, 5.41) is 3.23. The van der Waals surface area contributed by atoms with E-state index in [-0.39, 0.29) is 24.6 Å². The maximum Gasteiger partial charge on any atom is 0.234 e. The molecule has 0 saturated carbocycles. The molecule has 4 bridgehead atoms. The van der Waals surface area contributed by atoms with Gasteiger partial charge in [-0.3, -0.25) is 19.6 Å². The van der Waals surface area contributed by atoms with Gasteiger partial charge in [0, 0.05) is 32.4 Å². The van der Waals surface area contributed by atoms with E-state index in [9.17, 15) is 4.79 Å². The van der Waals surface area contributed by atoms with Gasteiger partial charge in [-0.05, 0) is 54.6 Å². The number of ether oxygens (including phenoxy) is 3. The highest BCUT2D eigenvalue weighted by Gasteiger charge is 2.35. The third-order valence-electron chi connectivity index (χ3n) is 6.48. The number of likely N-dealkylation sites (tertiary alicyclic amines) is 1. The van der Waals surface area contributed by atoms with Crippen LogP contribution in [0.5, 0.6) is 17.2 Å². The van der Waals surface area contributed by atoms with Crippen molar-refractivity contribution < 1.29 is 19.0 Å². The minimum Gasteiger partial charge on any atom is -0.493 e. The van der Waals surface area contributed by atoms with Crippen molar-refractivity contribution in [3.63, 3.8) is 0 Å². The summed E-state index contributed by atoms with van der Waals surface area (Å²) >= 11 is 0. The van der Waals surface area contributed by atoms with Crippen LogP contribution in [0, 0.1) is 0 Å². The molecule has 3 heterocycles. The summed E-state index contributed by atoms with van der Waals surface area (Å²) in [5.41, 5.74) is 3.04. The standard InChI is InChI=1S/C28H32N4O4/c1-31-14-20-9-10-25(34-2)26(13-20)36-23-8-5-6-21(12-23)19-35-27-17-32(15-22-7-3-4-11-29-22)16-24(27)30-28(33)18-31/h3-13,24,27H,14-19H2,1-2H3,(H,30,33)/t24-,27-/m0/s1. The van der Waals surface area contributed by atoms with E-state index in [1.807, 2.05) is 72.6 Å². The maximum absolute atomic E-state index is 13.0. The van der Waals surface area contributed by atoms with E-state index in [1.165, 1.54) is 0 Å². The van der Waals surface area contributed by atoms with Crippen LogP contribution in [0.1, 0.15) is 16.8 Å². The van der Waals surface area contributed by atoms with Crippen LogP contribution in [-0.4, -0.2) is 66.6 Å². The third-order valence-corrected chi connectivity index (χ3v) is 6.48. The number of aromatic nitrogens is 1. The smallest absolute Gasteiger partial charge is 0.234 e. The van der Waals surface area contributed by atoms with Gasteiger partial charge in [-0.2, -0.15) is 0 Å². The molecule has 2 aromatic carbocycles. The first-order chi connectivity index (χ1) is 17.6. The van der Waals surface area contributed by atoms with Gasteiger partial charge in [-0.15, -0.1) is 0 Å². The number of carbonyl (C=O) groups is 1. The molecule has 2 atom stereocenters. The van der Waals surface area contributed by atoms with Crippen LogP contribution in [0.2, 0.25) is 0 Å². The molecule has 36 heavy (non-hydrogen) atoms. The van der Waals surface area contributed by atoms with Gasteiger partial charge in [-0.25, -0.2) is 0 Å². The molecule has 1 amide bonds. The first-order valence-electron chi connectivity index (χ1n) is 12.2. The van der Waals surface area contributed by atoms with Gasteiger partial charge in [0.2, 0.25) is 5.91 Å². The zero-order valence-corrected chi connectivity index (χ0v) is 20.7. The molecule has 0 aliphatic carbocycles. The number of hydrogen-bond donors (Lipinski definition) is 1. The Bertz CT molecular complexity index is 1190. The van der Waals surface area contributed by atoms with Crippen LogP contribution in [0.25, 0.3) is 0 Å². The molecule has 188 valence electrons. The highest BCUT2D eigenvalue weighted by atomic mass is 16.5. The second-order valence-electron chi connectivity index (χ2n) is 9.45. The van der Waals surface area contributed by atoms with Crippen molar-refractivity contribution in [1.82, 2.24) is 20.1 Å². The number of carbonyl (C=O) groups excluding carboxylic acids is 1. The summed E-state index contributed by atoms with van der Waals surface area (Å²) < 4.78 is 18.1. The fourth-order valence-corrected chi connectivity index (χ4v) is 4.80. The lowest BCUT2D eigenvalue weighted by atomic mass is 10.1. The average Bonchev–Trinajstić information content (AvgIpc) is 3.23. The zero-order chi connectivity index (χ0) is 24.9. The number of hydrogen-bond acceptors (Lipinski definition) is 7. The quantitative estimate of drug-likeness (QED) is 0.607. The third kappa shape index (κ3) is 6.02. The van der Waals surface area contributed by atoms with Crippen LogP contribution < -0.4 is 14.8 Å². The second-order valence-corrected chi connectivity index (χ2v) is 9.45. The number of benzene rings is 2. The van der Waals surface area contributed by atoms with E-state index in [0.717, 1.165) is 29.1 Å². The summed E-state index contributed by atoms with van der Waals surface area (Å²) in [7, 11) is 3.57. The Hall–Kier alpha value is -3.46. The topological polar surface area (TPSA) is 76.2 Å². The lowest BCUT2D eigenvalue weighted by Gasteiger charge is -2.23. The van der Waals surface area contributed by atoms with E-state index in [2.05, 4.69) is 15.2 Å². The fraction of sp³-hybridized carbons (Fsp3) is 0.357. The first kappa shape index (κ1) is 24.2. The normalized spacial score (nSPS) is 21.3. The van der Waals surface area contributed by atoms with Gasteiger partial charge in [0.05, 0.1) is 38.1 Å². The van der Waals surface area contributed by atoms with E-state index >= 15 is 0 Å². The van der Waals surface area contributed by atoms with Crippen molar-refractivity contribution >= 4 is 5.91 Å². The summed E-state index contributed by atoms with van der Waals surface area (Å²) in [6.45, 7) is 3.45. The molecular formula is C28H32N4O4. The monoisotopic (exact) mass is 488 g/mol. The van der Waals surface area contributed by atoms with Crippen molar-refractivity contribution in [2.75, 3.05) is 33.8 Å². The first-order valence-corrected chi connectivity index (χ1v) is 12.2. The molecule has 0 radical (unpaired) electrons. The predicted molar refractivity (Wildman–Crippen MR) is 136 cm³/mol. The predicted octanol–water partition coefficient (Wildman–Crippen LogP) is 3.21. The summed E-state index contributed by atoms with van der Waals surface area (Å²) in [4.78, 5) is 21.7.